The van der Waals surface area contributed by atoms with E-state index < -0.39 is 6.09 Å². The maximum atomic E-state index is 12.0. The van der Waals surface area contributed by atoms with Crippen LogP contribution in [0.1, 0.15) is 5.56 Å². The van der Waals surface area contributed by atoms with E-state index in [0.29, 0.717) is 44.8 Å². The summed E-state index contributed by atoms with van der Waals surface area (Å²) < 4.78 is 5.36. The lowest BCUT2D eigenvalue weighted by Crippen LogP contribution is -2.26. The van der Waals surface area contributed by atoms with Crippen LogP contribution in [0.3, 0.4) is 0 Å². The molecule has 2 N–H and O–H groups in total. The molecule has 0 aliphatic heterocycles. The van der Waals surface area contributed by atoms with E-state index in [4.69, 9.17) is 27.9 Å². The number of imidazole rings is 1. The molecular weight excluding hydrogens is 397 g/mol. The molecule has 28 heavy (non-hydrogen) atoms. The first-order valence-corrected chi connectivity index (χ1v) is 9.29. The molecular formula is C21H15Cl2N3O2. The summed E-state index contributed by atoms with van der Waals surface area (Å²) in [7, 11) is 0. The number of ether oxygens (including phenoxy) is 1. The van der Waals surface area contributed by atoms with Crippen molar-refractivity contribution in [3.63, 3.8) is 0 Å². The lowest BCUT2D eigenvalue weighted by atomic mass is 10.2. The van der Waals surface area contributed by atoms with Crippen LogP contribution in [0.15, 0.2) is 66.7 Å². The zero-order valence-corrected chi connectivity index (χ0v) is 16.1. The third-order valence-corrected chi connectivity index (χ3v) is 4.77. The number of rotatable bonds is 4. The fourth-order valence-corrected chi connectivity index (χ4v) is 3.38. The smallest absolute Gasteiger partial charge is 0.410 e. The minimum Gasteiger partial charge on any atom is -0.410 e. The van der Waals surface area contributed by atoms with Crippen molar-refractivity contribution in [2.75, 3.05) is 0 Å². The Morgan fingerprint density at radius 1 is 1.00 bits per heavy atom. The number of amides is 1. The lowest BCUT2D eigenvalue weighted by Gasteiger charge is -2.06. The van der Waals surface area contributed by atoms with Crippen molar-refractivity contribution in [2.24, 2.45) is 0 Å². The van der Waals surface area contributed by atoms with Gasteiger partial charge >= 0.3 is 6.09 Å². The van der Waals surface area contributed by atoms with Gasteiger partial charge in [0.1, 0.15) is 11.6 Å². The van der Waals surface area contributed by atoms with E-state index in [1.54, 1.807) is 36.4 Å². The second-order valence-corrected chi connectivity index (χ2v) is 6.90. The Morgan fingerprint density at radius 3 is 2.50 bits per heavy atom. The number of nitrogens with zero attached hydrogens (tertiary/aromatic N) is 1. The van der Waals surface area contributed by atoms with Crippen LogP contribution in [-0.2, 0) is 6.54 Å². The van der Waals surface area contributed by atoms with Gasteiger partial charge in [-0.3, -0.25) is 0 Å². The summed E-state index contributed by atoms with van der Waals surface area (Å²) in [4.78, 5) is 19.7. The standard InChI is InChI=1S/C21H15Cl2N3O2/c22-15-7-4-8-16(23)19(15)20-25-17-10-9-14(11-18(17)26-20)28-21(27)24-12-13-5-2-1-3-6-13/h1-11H,12H2,(H,24,27)(H,25,26). The van der Waals surface area contributed by atoms with E-state index in [9.17, 15) is 4.79 Å². The maximum Gasteiger partial charge on any atom is 0.412 e. The summed E-state index contributed by atoms with van der Waals surface area (Å²) in [5.41, 5.74) is 3.04. The summed E-state index contributed by atoms with van der Waals surface area (Å²) in [6, 6.07) is 20.0. The molecule has 0 aliphatic carbocycles. The monoisotopic (exact) mass is 411 g/mol. The summed E-state index contributed by atoms with van der Waals surface area (Å²) in [6.07, 6.45) is -0.530. The summed E-state index contributed by atoms with van der Waals surface area (Å²) in [5.74, 6) is 0.954. The molecule has 0 radical (unpaired) electrons. The van der Waals surface area contributed by atoms with Gasteiger partial charge in [0.15, 0.2) is 0 Å². The molecule has 1 aromatic heterocycles. The molecule has 1 amide bonds. The molecule has 5 nitrogen and oxygen atoms in total. The fourth-order valence-electron chi connectivity index (χ4n) is 2.81. The van der Waals surface area contributed by atoms with Crippen LogP contribution in [0, 0.1) is 0 Å². The molecule has 0 spiro atoms. The number of nitrogens with one attached hydrogen (secondary N) is 2. The number of H-pyrrole nitrogens is 1. The molecule has 1 heterocycles. The first kappa shape index (κ1) is 18.3. The van der Waals surface area contributed by atoms with Crippen LogP contribution in [0.5, 0.6) is 5.75 Å². The average molecular weight is 412 g/mol. The number of benzene rings is 3. The largest absolute Gasteiger partial charge is 0.412 e. The Bertz CT molecular complexity index is 1120. The van der Waals surface area contributed by atoms with Gasteiger partial charge < -0.3 is 15.0 Å². The number of aromatic amines is 1. The first-order chi connectivity index (χ1) is 13.6. The van der Waals surface area contributed by atoms with Crippen LogP contribution in [-0.4, -0.2) is 16.1 Å². The molecule has 4 aromatic rings. The van der Waals surface area contributed by atoms with Crippen molar-refractivity contribution in [2.45, 2.75) is 6.54 Å². The Hall–Kier alpha value is -3.02. The van der Waals surface area contributed by atoms with Gasteiger partial charge in [0.25, 0.3) is 0 Å². The van der Waals surface area contributed by atoms with Crippen LogP contribution in [0.4, 0.5) is 4.79 Å². The van der Waals surface area contributed by atoms with Crippen LogP contribution in [0.2, 0.25) is 10.0 Å². The number of carbonyl (C=O) groups is 1. The third-order valence-electron chi connectivity index (χ3n) is 4.14. The molecule has 4 rings (SSSR count). The van der Waals surface area contributed by atoms with Crippen molar-refractivity contribution in [1.82, 2.24) is 15.3 Å². The molecule has 3 aromatic carbocycles. The van der Waals surface area contributed by atoms with Crippen molar-refractivity contribution in [3.8, 4) is 17.1 Å². The zero-order chi connectivity index (χ0) is 19.5. The van der Waals surface area contributed by atoms with E-state index in [0.717, 1.165) is 5.56 Å². The topological polar surface area (TPSA) is 67.0 Å². The Labute approximate surface area is 171 Å². The highest BCUT2D eigenvalue weighted by atomic mass is 35.5. The molecule has 140 valence electrons. The van der Waals surface area contributed by atoms with E-state index >= 15 is 0 Å². The van der Waals surface area contributed by atoms with Gasteiger partial charge in [0, 0.05) is 12.6 Å². The van der Waals surface area contributed by atoms with E-state index in [2.05, 4.69) is 15.3 Å². The quantitative estimate of drug-likeness (QED) is 0.444. The highest BCUT2D eigenvalue weighted by molar-refractivity contribution is 6.39. The van der Waals surface area contributed by atoms with Crippen LogP contribution < -0.4 is 10.1 Å². The molecule has 0 saturated carbocycles. The molecule has 0 atom stereocenters. The SMILES string of the molecule is O=C(NCc1ccccc1)Oc1ccc2nc(-c3c(Cl)cccc3Cl)[nH]c2c1. The highest BCUT2D eigenvalue weighted by Gasteiger charge is 2.13. The van der Waals surface area contributed by atoms with E-state index in [1.165, 1.54) is 0 Å². The van der Waals surface area contributed by atoms with Crippen molar-refractivity contribution >= 4 is 40.3 Å². The Morgan fingerprint density at radius 2 is 1.75 bits per heavy atom. The van der Waals surface area contributed by atoms with Crippen molar-refractivity contribution in [1.29, 1.82) is 0 Å². The molecule has 0 unspecified atom stereocenters. The van der Waals surface area contributed by atoms with Gasteiger partial charge in [0.2, 0.25) is 0 Å². The second kappa shape index (κ2) is 7.92. The van der Waals surface area contributed by atoms with Gasteiger partial charge in [0.05, 0.1) is 26.6 Å². The van der Waals surface area contributed by atoms with Crippen LogP contribution in [0.25, 0.3) is 22.4 Å². The van der Waals surface area contributed by atoms with Crippen LogP contribution >= 0.6 is 23.2 Å². The number of halogens is 2. The number of carbonyl (C=O) groups excluding carboxylic acids is 1. The van der Waals surface area contributed by atoms with Gasteiger partial charge in [-0.25, -0.2) is 9.78 Å². The van der Waals surface area contributed by atoms with Gasteiger partial charge in [-0.05, 0) is 29.8 Å². The Kier molecular flexibility index (Phi) is 5.19. The van der Waals surface area contributed by atoms with E-state index in [-0.39, 0.29) is 0 Å². The highest BCUT2D eigenvalue weighted by Crippen LogP contribution is 2.34. The minimum atomic E-state index is -0.530. The van der Waals surface area contributed by atoms with Gasteiger partial charge in [-0.15, -0.1) is 0 Å². The minimum absolute atomic E-state index is 0.390. The van der Waals surface area contributed by atoms with E-state index in [1.807, 2.05) is 30.3 Å². The summed E-state index contributed by atoms with van der Waals surface area (Å²) in [6.45, 7) is 0.390. The third kappa shape index (κ3) is 3.96. The zero-order valence-electron chi connectivity index (χ0n) is 14.6. The second-order valence-electron chi connectivity index (χ2n) is 6.09. The fraction of sp³-hybridized carbons (Fsp3) is 0.0476. The van der Waals surface area contributed by atoms with Crippen molar-refractivity contribution in [3.05, 3.63) is 82.3 Å². The molecule has 0 aliphatic rings. The average Bonchev–Trinajstić information content (AvgIpc) is 3.10. The number of fused-ring (bicyclic) bond motifs is 1. The number of hydrogen-bond donors (Lipinski definition) is 2. The molecule has 0 fully saturated rings. The van der Waals surface area contributed by atoms with Gasteiger partial charge in [-0.1, -0.05) is 59.6 Å². The molecule has 7 heteroatoms. The predicted octanol–water partition coefficient (Wildman–Crippen LogP) is 5.83. The summed E-state index contributed by atoms with van der Waals surface area (Å²) in [5, 5.41) is 3.73. The number of hydrogen-bond acceptors (Lipinski definition) is 3. The predicted molar refractivity (Wildman–Crippen MR) is 111 cm³/mol. The molecule has 0 bridgehead atoms. The maximum absolute atomic E-state index is 12.0. The summed E-state index contributed by atoms with van der Waals surface area (Å²) >= 11 is 12.5. The Balaban J connectivity index is 1.51. The molecule has 0 saturated heterocycles. The van der Waals surface area contributed by atoms with Gasteiger partial charge in [-0.2, -0.15) is 0 Å². The lowest BCUT2D eigenvalue weighted by molar-refractivity contribution is 0.200. The number of aromatic nitrogens is 2. The first-order valence-electron chi connectivity index (χ1n) is 8.54. The normalized spacial score (nSPS) is 10.8. The van der Waals surface area contributed by atoms with Crippen molar-refractivity contribution < 1.29 is 9.53 Å².